The average Bonchev–Trinajstić information content (AvgIpc) is 3.02. The van der Waals surface area contributed by atoms with Crippen molar-refractivity contribution in [3.63, 3.8) is 0 Å². The summed E-state index contributed by atoms with van der Waals surface area (Å²) in [4.78, 5) is 41.4. The third kappa shape index (κ3) is 9.05. The fourth-order valence-electron chi connectivity index (χ4n) is 7.54. The van der Waals surface area contributed by atoms with E-state index in [0.29, 0.717) is 31.0 Å². The minimum Gasteiger partial charge on any atom is -0.475 e. The number of carbonyl (C=O) groups is 3. The largest absolute Gasteiger partial charge is 0.490 e. The van der Waals surface area contributed by atoms with Crippen molar-refractivity contribution in [3.05, 3.63) is 34.6 Å². The van der Waals surface area contributed by atoms with Gasteiger partial charge in [-0.1, -0.05) is 56.7 Å². The third-order valence-corrected chi connectivity index (χ3v) is 10.5. The number of ether oxygens (including phenoxy) is 1. The third-order valence-electron chi connectivity index (χ3n) is 10.2. The van der Waals surface area contributed by atoms with Gasteiger partial charge in [0, 0.05) is 64.1 Å². The number of hydrogen-bond acceptors (Lipinski definition) is 5. The van der Waals surface area contributed by atoms with Crippen LogP contribution in [0.15, 0.2) is 18.2 Å². The molecule has 5 rings (SSSR count). The fourth-order valence-corrected chi connectivity index (χ4v) is 7.78. The lowest BCUT2D eigenvalue weighted by atomic mass is 9.75. The summed E-state index contributed by atoms with van der Waals surface area (Å²) in [6.45, 7) is 6.96. The summed E-state index contributed by atoms with van der Waals surface area (Å²) in [5.41, 5.74) is -0.364. The molecule has 258 valence electrons. The van der Waals surface area contributed by atoms with Crippen LogP contribution in [0.4, 0.5) is 22.4 Å². The van der Waals surface area contributed by atoms with Crippen molar-refractivity contribution in [2.45, 2.75) is 102 Å². The normalized spacial score (nSPS) is 23.1. The maximum Gasteiger partial charge on any atom is 0.490 e. The van der Waals surface area contributed by atoms with Gasteiger partial charge in [-0.05, 0) is 50.2 Å². The minimum atomic E-state index is -5.08. The van der Waals surface area contributed by atoms with Crippen LogP contribution in [0.1, 0.15) is 94.3 Å². The van der Waals surface area contributed by atoms with E-state index in [1.54, 1.807) is 11.0 Å². The lowest BCUT2D eigenvalue weighted by Gasteiger charge is -2.52. The van der Waals surface area contributed by atoms with Crippen LogP contribution in [0.3, 0.4) is 0 Å². The minimum absolute atomic E-state index is 0.0210. The molecular weight excluding hydrogens is 630 g/mol. The molecule has 1 spiro atoms. The van der Waals surface area contributed by atoms with Crippen LogP contribution in [0.25, 0.3) is 0 Å². The van der Waals surface area contributed by atoms with Gasteiger partial charge in [0.2, 0.25) is 0 Å². The number of benzene rings is 1. The van der Waals surface area contributed by atoms with Gasteiger partial charge >= 0.3 is 18.2 Å². The molecule has 1 saturated carbocycles. The second kappa shape index (κ2) is 16.0. The first kappa shape index (κ1) is 36.2. The van der Waals surface area contributed by atoms with Crippen molar-refractivity contribution in [1.82, 2.24) is 14.7 Å². The highest BCUT2D eigenvalue weighted by atomic mass is 35.5. The van der Waals surface area contributed by atoms with Gasteiger partial charge in [-0.15, -0.1) is 0 Å². The molecule has 3 saturated heterocycles. The van der Waals surface area contributed by atoms with E-state index in [2.05, 4.69) is 11.8 Å². The van der Waals surface area contributed by atoms with Crippen LogP contribution in [0, 0.1) is 17.7 Å². The quantitative estimate of drug-likeness (QED) is 0.303. The molecule has 3 heterocycles. The Morgan fingerprint density at radius 1 is 1.04 bits per heavy atom. The zero-order chi connectivity index (χ0) is 33.5. The molecule has 1 aromatic carbocycles. The molecule has 1 aliphatic carbocycles. The molecule has 4 aliphatic rings. The Hall–Kier alpha value is -2.60. The Morgan fingerprint density at radius 3 is 2.24 bits per heavy atom. The van der Waals surface area contributed by atoms with Crippen LogP contribution in [-0.4, -0.2) is 94.9 Å². The maximum atomic E-state index is 14.3. The second-order valence-corrected chi connectivity index (χ2v) is 13.5. The van der Waals surface area contributed by atoms with E-state index in [-0.39, 0.29) is 28.2 Å². The van der Waals surface area contributed by atoms with E-state index in [9.17, 15) is 27.2 Å². The monoisotopic (exact) mass is 675 g/mol. The topological polar surface area (TPSA) is 90.4 Å². The number of carboxylic acid groups (broad SMARTS) is 1. The second-order valence-electron chi connectivity index (χ2n) is 13.1. The first-order chi connectivity index (χ1) is 21.8. The molecule has 1 atom stereocenters. The smallest absolute Gasteiger partial charge is 0.475 e. The van der Waals surface area contributed by atoms with Crippen molar-refractivity contribution in [2.24, 2.45) is 11.8 Å². The lowest BCUT2D eigenvalue weighted by Crippen LogP contribution is -2.61. The predicted molar refractivity (Wildman–Crippen MR) is 165 cm³/mol. The molecule has 1 unspecified atom stereocenters. The highest BCUT2D eigenvalue weighted by Gasteiger charge is 2.50. The molecule has 46 heavy (non-hydrogen) atoms. The molecule has 4 fully saturated rings. The molecule has 1 aromatic rings. The number of likely N-dealkylation sites (tertiary alicyclic amines) is 2. The molecule has 8 nitrogen and oxygen atoms in total. The molecular formula is C33H46ClF4N3O5. The lowest BCUT2D eigenvalue weighted by molar-refractivity contribution is -0.192. The Labute approximate surface area is 273 Å². The summed E-state index contributed by atoms with van der Waals surface area (Å²) in [6, 6.07) is 4.76. The summed E-state index contributed by atoms with van der Waals surface area (Å²) >= 11 is 6.14. The number of aliphatic carboxylic acids is 1. The van der Waals surface area contributed by atoms with Crippen molar-refractivity contribution in [1.29, 1.82) is 0 Å². The number of hydrogen-bond donors (Lipinski definition) is 1. The molecule has 13 heteroatoms. The molecule has 1 N–H and O–H groups in total. The van der Waals surface area contributed by atoms with Gasteiger partial charge in [0.1, 0.15) is 11.4 Å². The van der Waals surface area contributed by atoms with Gasteiger partial charge < -0.3 is 19.6 Å². The molecule has 3 aliphatic heterocycles. The summed E-state index contributed by atoms with van der Waals surface area (Å²) in [5.74, 6) is -2.62. The van der Waals surface area contributed by atoms with E-state index in [0.717, 1.165) is 64.7 Å². The summed E-state index contributed by atoms with van der Waals surface area (Å²) in [7, 11) is 0. The number of carbonyl (C=O) groups excluding carboxylic acids is 2. The number of carboxylic acids is 1. The number of nitrogens with zero attached hydrogens (tertiary/aromatic N) is 3. The van der Waals surface area contributed by atoms with Gasteiger partial charge in [0.25, 0.3) is 5.91 Å². The van der Waals surface area contributed by atoms with Crippen molar-refractivity contribution < 1.29 is 41.8 Å². The zero-order valence-electron chi connectivity index (χ0n) is 26.5. The summed E-state index contributed by atoms with van der Waals surface area (Å²) in [6.07, 6.45) is 8.13. The van der Waals surface area contributed by atoms with Crippen molar-refractivity contribution in [2.75, 3.05) is 39.3 Å². The first-order valence-corrected chi connectivity index (χ1v) is 17.0. The SMILES string of the molecule is CCCCC1CN(CC2CCCCC2)C(=O)OC12CCN(C1CCN(C(=O)c3c(F)cccc3Cl)CC1)CC2.O=C(O)C(F)(F)F. The highest BCUT2D eigenvalue weighted by molar-refractivity contribution is 6.33. The van der Waals surface area contributed by atoms with Crippen LogP contribution >= 0.6 is 11.6 Å². The number of alkyl halides is 3. The van der Waals surface area contributed by atoms with E-state index in [4.69, 9.17) is 26.2 Å². The van der Waals surface area contributed by atoms with E-state index >= 15 is 0 Å². The van der Waals surface area contributed by atoms with Crippen molar-refractivity contribution >= 4 is 29.6 Å². The predicted octanol–water partition coefficient (Wildman–Crippen LogP) is 7.39. The first-order valence-electron chi connectivity index (χ1n) is 16.6. The van der Waals surface area contributed by atoms with E-state index in [1.165, 1.54) is 50.7 Å². The Morgan fingerprint density at radius 2 is 1.67 bits per heavy atom. The van der Waals surface area contributed by atoms with Crippen LogP contribution in [0.5, 0.6) is 0 Å². The zero-order valence-corrected chi connectivity index (χ0v) is 27.3. The van der Waals surface area contributed by atoms with Crippen LogP contribution in [0.2, 0.25) is 5.02 Å². The fraction of sp³-hybridized carbons (Fsp3) is 0.727. The Bertz CT molecular complexity index is 1180. The molecule has 0 radical (unpaired) electrons. The maximum absolute atomic E-state index is 14.3. The average molecular weight is 676 g/mol. The van der Waals surface area contributed by atoms with Crippen LogP contribution in [-0.2, 0) is 9.53 Å². The standard InChI is InChI=1S/C31H45ClFN3O3.C2HF3O2/c1-2-3-10-24-22-36(21-23-8-5-4-6-9-23)30(38)39-31(24)15-19-34(20-16-31)25-13-17-35(18-14-25)29(37)28-26(32)11-7-12-27(28)33;3-2(4,5)1(6)7/h7,11-12,23-25H,2-6,8-10,13-22H2,1H3;(H,6,7). The van der Waals surface area contributed by atoms with Crippen molar-refractivity contribution in [3.8, 4) is 0 Å². The number of piperidine rings is 2. The van der Waals surface area contributed by atoms with E-state index in [1.807, 2.05) is 4.90 Å². The number of amides is 2. The Kier molecular flexibility index (Phi) is 12.6. The Balaban J connectivity index is 0.000000617. The van der Waals surface area contributed by atoms with Gasteiger partial charge in [-0.2, -0.15) is 13.2 Å². The van der Waals surface area contributed by atoms with Gasteiger partial charge in [0.05, 0.1) is 10.6 Å². The molecule has 0 bridgehead atoms. The number of halogens is 5. The van der Waals surface area contributed by atoms with Gasteiger partial charge in [-0.3, -0.25) is 9.69 Å². The summed E-state index contributed by atoms with van der Waals surface area (Å²) in [5, 5.41) is 7.29. The van der Waals surface area contributed by atoms with Gasteiger partial charge in [0.15, 0.2) is 0 Å². The highest BCUT2D eigenvalue weighted by Crippen LogP contribution is 2.42. The number of rotatable bonds is 7. The van der Waals surface area contributed by atoms with Gasteiger partial charge in [-0.25, -0.2) is 14.0 Å². The molecule has 0 aromatic heterocycles. The summed E-state index contributed by atoms with van der Waals surface area (Å²) < 4.78 is 52.4. The van der Waals surface area contributed by atoms with Crippen LogP contribution < -0.4 is 0 Å². The molecule has 2 amide bonds. The number of unbranched alkanes of at least 4 members (excludes halogenated alkanes) is 1. The van der Waals surface area contributed by atoms with E-state index < -0.39 is 18.0 Å².